The van der Waals surface area contributed by atoms with Crippen molar-refractivity contribution in [3.05, 3.63) is 45.6 Å². The summed E-state index contributed by atoms with van der Waals surface area (Å²) in [4.78, 5) is 7.21. The average molecular weight is 346 g/mol. The van der Waals surface area contributed by atoms with E-state index in [0.717, 1.165) is 43.2 Å². The summed E-state index contributed by atoms with van der Waals surface area (Å²) in [5.74, 6) is 0.926. The highest BCUT2D eigenvalue weighted by Crippen LogP contribution is 2.30. The molecule has 0 aliphatic carbocycles. The molecule has 2 aromatic rings. The number of hydrogen-bond donors (Lipinski definition) is 1. The largest absolute Gasteiger partial charge is 0.495 e. The van der Waals surface area contributed by atoms with Gasteiger partial charge in [0.05, 0.1) is 18.9 Å². The average Bonchev–Trinajstić information content (AvgIpc) is 2.94. The van der Waals surface area contributed by atoms with Crippen LogP contribution >= 0.6 is 11.3 Å². The molecule has 1 aliphatic rings. The van der Waals surface area contributed by atoms with Crippen molar-refractivity contribution in [2.75, 3.05) is 44.7 Å². The Morgan fingerprint density at radius 3 is 2.50 bits per heavy atom. The lowest BCUT2D eigenvalue weighted by molar-refractivity contribution is 0.109. The Kier molecular flexibility index (Phi) is 5.43. The molecule has 1 fully saturated rings. The zero-order chi connectivity index (χ0) is 17.1. The predicted octanol–water partition coefficient (Wildman–Crippen LogP) is 3.23. The van der Waals surface area contributed by atoms with Crippen molar-refractivity contribution in [1.29, 1.82) is 0 Å². The molecule has 1 saturated heterocycles. The lowest BCUT2D eigenvalue weighted by Gasteiger charge is -2.37. The smallest absolute Gasteiger partial charge is 0.142 e. The van der Waals surface area contributed by atoms with Gasteiger partial charge in [0.15, 0.2) is 0 Å². The van der Waals surface area contributed by atoms with Gasteiger partial charge in [-0.15, -0.1) is 11.3 Å². The molecule has 1 atom stereocenters. The lowest BCUT2D eigenvalue weighted by Crippen LogP contribution is -2.47. The number of anilines is 1. The normalized spacial score (nSPS) is 17.1. The Bertz CT molecular complexity index is 678. The first-order valence-electron chi connectivity index (χ1n) is 8.44. The van der Waals surface area contributed by atoms with Gasteiger partial charge in [0.25, 0.3) is 0 Å². The van der Waals surface area contributed by atoms with Gasteiger partial charge in [-0.05, 0) is 37.6 Å². The Morgan fingerprint density at radius 1 is 1.17 bits per heavy atom. The molecule has 24 heavy (non-hydrogen) atoms. The Morgan fingerprint density at radius 2 is 1.88 bits per heavy atom. The minimum absolute atomic E-state index is 0.396. The molecule has 0 saturated carbocycles. The Labute approximate surface area is 148 Å². The topological polar surface area (TPSA) is 35.9 Å². The standard InChI is InChI=1S/C19H26N2O2S/c1-14-12-16(15(2)24-14)18(22)13-20-8-10-21(11-9-20)17-6-4-5-7-19(17)23-3/h4-7,12,18,22H,8-11,13H2,1-3H3/t18-/m0/s1. The maximum atomic E-state index is 10.6. The van der Waals surface area contributed by atoms with E-state index in [1.165, 1.54) is 9.75 Å². The second-order valence-corrected chi connectivity index (χ2v) is 7.80. The first kappa shape index (κ1) is 17.3. The minimum Gasteiger partial charge on any atom is -0.495 e. The molecule has 0 bridgehead atoms. The number of aryl methyl sites for hydroxylation is 2. The van der Waals surface area contributed by atoms with E-state index >= 15 is 0 Å². The highest BCUT2D eigenvalue weighted by molar-refractivity contribution is 7.12. The summed E-state index contributed by atoms with van der Waals surface area (Å²) in [6.45, 7) is 8.71. The lowest BCUT2D eigenvalue weighted by atomic mass is 10.1. The van der Waals surface area contributed by atoms with Crippen LogP contribution in [0.4, 0.5) is 5.69 Å². The van der Waals surface area contributed by atoms with Crippen LogP contribution in [0.1, 0.15) is 21.4 Å². The van der Waals surface area contributed by atoms with E-state index in [1.54, 1.807) is 18.4 Å². The second kappa shape index (κ2) is 7.55. The molecule has 1 aromatic carbocycles. The summed E-state index contributed by atoms with van der Waals surface area (Å²) in [6, 6.07) is 10.3. The van der Waals surface area contributed by atoms with Gasteiger partial charge in [-0.1, -0.05) is 12.1 Å². The number of thiophene rings is 1. The number of piperazine rings is 1. The second-order valence-electron chi connectivity index (χ2n) is 6.34. The van der Waals surface area contributed by atoms with Gasteiger partial charge in [-0.25, -0.2) is 0 Å². The van der Waals surface area contributed by atoms with E-state index in [1.807, 2.05) is 12.1 Å². The van der Waals surface area contributed by atoms with Crippen molar-refractivity contribution in [3.8, 4) is 5.75 Å². The molecule has 2 heterocycles. The molecule has 130 valence electrons. The number of methoxy groups -OCH3 is 1. The number of nitrogens with zero attached hydrogens (tertiary/aromatic N) is 2. The van der Waals surface area contributed by atoms with E-state index in [9.17, 15) is 5.11 Å². The summed E-state index contributed by atoms with van der Waals surface area (Å²) in [7, 11) is 1.72. The van der Waals surface area contributed by atoms with Crippen LogP contribution in [-0.2, 0) is 0 Å². The fourth-order valence-corrected chi connectivity index (χ4v) is 4.37. The van der Waals surface area contributed by atoms with Crippen molar-refractivity contribution in [2.24, 2.45) is 0 Å². The molecule has 5 heteroatoms. The first-order valence-corrected chi connectivity index (χ1v) is 9.25. The number of aliphatic hydroxyl groups excluding tert-OH is 1. The van der Waals surface area contributed by atoms with Gasteiger partial charge in [0.2, 0.25) is 0 Å². The van der Waals surface area contributed by atoms with Crippen LogP contribution in [0, 0.1) is 13.8 Å². The molecule has 1 aromatic heterocycles. The van der Waals surface area contributed by atoms with E-state index < -0.39 is 6.10 Å². The molecular formula is C19H26N2O2S. The third-order valence-corrected chi connectivity index (χ3v) is 5.65. The van der Waals surface area contributed by atoms with Crippen molar-refractivity contribution in [3.63, 3.8) is 0 Å². The number of hydrogen-bond acceptors (Lipinski definition) is 5. The predicted molar refractivity (Wildman–Crippen MR) is 100 cm³/mol. The maximum absolute atomic E-state index is 10.6. The molecule has 0 unspecified atom stereocenters. The quantitative estimate of drug-likeness (QED) is 0.902. The number of ether oxygens (including phenoxy) is 1. The third-order valence-electron chi connectivity index (χ3n) is 4.67. The molecule has 0 radical (unpaired) electrons. The fourth-order valence-electron chi connectivity index (χ4n) is 3.39. The third kappa shape index (κ3) is 3.74. The maximum Gasteiger partial charge on any atom is 0.142 e. The number of benzene rings is 1. The molecule has 0 spiro atoms. The number of β-amino-alcohol motifs (C(OH)–C–C–N with tert-alkyl or cyclic N) is 1. The van der Waals surface area contributed by atoms with Crippen molar-refractivity contribution >= 4 is 17.0 Å². The summed E-state index contributed by atoms with van der Waals surface area (Å²) < 4.78 is 5.47. The van der Waals surface area contributed by atoms with Crippen molar-refractivity contribution < 1.29 is 9.84 Å². The Balaban J connectivity index is 1.58. The van der Waals surface area contributed by atoms with E-state index in [0.29, 0.717) is 6.54 Å². The monoisotopic (exact) mass is 346 g/mol. The van der Waals surface area contributed by atoms with Gasteiger partial charge in [0, 0.05) is 42.5 Å². The van der Waals surface area contributed by atoms with Crippen molar-refractivity contribution in [2.45, 2.75) is 20.0 Å². The summed E-state index contributed by atoms with van der Waals surface area (Å²) in [5, 5.41) is 10.6. The summed E-state index contributed by atoms with van der Waals surface area (Å²) in [6.07, 6.45) is -0.396. The van der Waals surface area contributed by atoms with Gasteiger partial charge in [-0.3, -0.25) is 4.90 Å². The van der Waals surface area contributed by atoms with Crippen LogP contribution in [-0.4, -0.2) is 49.8 Å². The number of rotatable bonds is 5. The highest BCUT2D eigenvalue weighted by Gasteiger charge is 2.22. The minimum atomic E-state index is -0.396. The SMILES string of the molecule is COc1ccccc1N1CCN(C[C@H](O)c2cc(C)sc2C)CC1. The van der Waals surface area contributed by atoms with Crippen LogP contribution in [0.3, 0.4) is 0 Å². The van der Waals surface area contributed by atoms with Gasteiger partial charge in [-0.2, -0.15) is 0 Å². The van der Waals surface area contributed by atoms with E-state index in [-0.39, 0.29) is 0 Å². The zero-order valence-corrected chi connectivity index (χ0v) is 15.5. The van der Waals surface area contributed by atoms with E-state index in [4.69, 9.17) is 4.74 Å². The Hall–Kier alpha value is -1.56. The van der Waals surface area contributed by atoms with Crippen molar-refractivity contribution in [1.82, 2.24) is 4.90 Å². The molecule has 1 N–H and O–H groups in total. The molecule has 3 rings (SSSR count). The number of aliphatic hydroxyl groups is 1. The zero-order valence-electron chi connectivity index (χ0n) is 14.7. The molecular weight excluding hydrogens is 320 g/mol. The highest BCUT2D eigenvalue weighted by atomic mass is 32.1. The molecule has 1 aliphatic heterocycles. The van der Waals surface area contributed by atoms with Crippen LogP contribution < -0.4 is 9.64 Å². The first-order chi connectivity index (χ1) is 11.6. The van der Waals surface area contributed by atoms with Crippen LogP contribution in [0.25, 0.3) is 0 Å². The summed E-state index contributed by atoms with van der Waals surface area (Å²) >= 11 is 1.76. The fraction of sp³-hybridized carbons (Fsp3) is 0.474. The number of para-hydroxylation sites is 2. The molecule has 4 nitrogen and oxygen atoms in total. The van der Waals surface area contributed by atoms with Crippen LogP contribution in [0.15, 0.2) is 30.3 Å². The van der Waals surface area contributed by atoms with Crippen LogP contribution in [0.2, 0.25) is 0 Å². The summed E-state index contributed by atoms with van der Waals surface area (Å²) in [5.41, 5.74) is 2.24. The van der Waals surface area contributed by atoms with Gasteiger partial charge < -0.3 is 14.7 Å². The van der Waals surface area contributed by atoms with E-state index in [2.05, 4.69) is 41.8 Å². The van der Waals surface area contributed by atoms with Gasteiger partial charge >= 0.3 is 0 Å². The van der Waals surface area contributed by atoms with Gasteiger partial charge in [0.1, 0.15) is 5.75 Å². The van der Waals surface area contributed by atoms with Crippen LogP contribution in [0.5, 0.6) is 5.75 Å². The molecule has 0 amide bonds.